The van der Waals surface area contributed by atoms with E-state index in [4.69, 9.17) is 0 Å². The third-order valence-corrected chi connectivity index (χ3v) is 4.79. The maximum Gasteiger partial charge on any atom is 0.264 e. The van der Waals surface area contributed by atoms with Gasteiger partial charge < -0.3 is 15.5 Å². The van der Waals surface area contributed by atoms with Crippen molar-refractivity contribution in [1.82, 2.24) is 15.5 Å². The van der Waals surface area contributed by atoms with Crippen LogP contribution in [-0.2, 0) is 4.79 Å². The average molecular weight is 397 g/mol. The number of carbonyl (C=O) groups is 2. The molecular weight excluding hydrogens is 378 g/mol. The maximum absolute atomic E-state index is 12.1. The molecule has 8 heteroatoms. The first kappa shape index (κ1) is 18.4. The molecule has 1 saturated heterocycles. The van der Waals surface area contributed by atoms with E-state index in [0.717, 1.165) is 29.7 Å². The summed E-state index contributed by atoms with van der Waals surface area (Å²) in [5, 5.41) is 6.21. The number of nitrogens with one attached hydrogen (secondary N) is 2. The molecule has 2 heterocycles. The number of piperidine rings is 1. The van der Waals surface area contributed by atoms with Gasteiger partial charge in [-0.25, -0.2) is 0 Å². The molecule has 0 saturated carbocycles. The summed E-state index contributed by atoms with van der Waals surface area (Å²) in [6.45, 7) is 1.91. The van der Waals surface area contributed by atoms with E-state index in [9.17, 15) is 9.59 Å². The molecule has 1 aromatic rings. The number of hydrogen-bond acceptors (Lipinski definition) is 4. The number of likely N-dealkylation sites (N-methyl/N-ethyl adjacent to an activating group) is 1. The first-order valence-corrected chi connectivity index (χ1v) is 8.18. The zero-order chi connectivity index (χ0) is 14.5. The zero-order valence-corrected chi connectivity index (χ0v) is 14.9. The van der Waals surface area contributed by atoms with Crippen molar-refractivity contribution < 1.29 is 9.59 Å². The summed E-state index contributed by atoms with van der Waals surface area (Å²) in [5.41, 5.74) is 0. The van der Waals surface area contributed by atoms with Gasteiger partial charge in [-0.2, -0.15) is 0 Å². The Labute approximate surface area is 143 Å². The number of nitrogens with zero attached hydrogens (tertiary/aromatic N) is 1. The van der Waals surface area contributed by atoms with Crippen LogP contribution in [0.1, 0.15) is 22.5 Å². The van der Waals surface area contributed by atoms with Crippen molar-refractivity contribution in [3.05, 3.63) is 20.8 Å². The number of rotatable bonds is 4. The molecule has 0 aromatic carbocycles. The van der Waals surface area contributed by atoms with Crippen LogP contribution in [0.2, 0.25) is 0 Å². The van der Waals surface area contributed by atoms with Crippen LogP contribution in [-0.4, -0.2) is 49.4 Å². The third kappa shape index (κ3) is 5.58. The van der Waals surface area contributed by atoms with Crippen molar-refractivity contribution in [2.24, 2.45) is 0 Å². The molecule has 1 atom stereocenters. The molecule has 2 N–H and O–H groups in total. The van der Waals surface area contributed by atoms with Crippen LogP contribution in [0.25, 0.3) is 0 Å². The molecule has 1 aromatic heterocycles. The van der Waals surface area contributed by atoms with Gasteiger partial charge in [0.15, 0.2) is 0 Å². The quantitative estimate of drug-likeness (QED) is 0.817. The van der Waals surface area contributed by atoms with Crippen molar-refractivity contribution in [3.8, 4) is 0 Å². The Bertz CT molecular complexity index is 492. The van der Waals surface area contributed by atoms with E-state index in [2.05, 4.69) is 26.6 Å². The van der Waals surface area contributed by atoms with Gasteiger partial charge in [0.2, 0.25) is 5.91 Å². The first-order valence-electron chi connectivity index (χ1n) is 6.57. The zero-order valence-electron chi connectivity index (χ0n) is 11.7. The first-order chi connectivity index (χ1) is 9.56. The van der Waals surface area contributed by atoms with Crippen molar-refractivity contribution in [2.75, 3.05) is 26.7 Å². The minimum atomic E-state index is -0.127. The molecule has 1 aliphatic heterocycles. The van der Waals surface area contributed by atoms with Crippen LogP contribution in [0.4, 0.5) is 0 Å². The molecule has 21 heavy (non-hydrogen) atoms. The van der Waals surface area contributed by atoms with Crippen LogP contribution in [0.15, 0.2) is 15.9 Å². The van der Waals surface area contributed by atoms with E-state index >= 15 is 0 Å². The highest BCUT2D eigenvalue weighted by Gasteiger charge is 2.19. The smallest absolute Gasteiger partial charge is 0.264 e. The van der Waals surface area contributed by atoms with Gasteiger partial charge in [0.05, 0.1) is 15.2 Å². The van der Waals surface area contributed by atoms with Crippen molar-refractivity contribution >= 4 is 51.5 Å². The fourth-order valence-corrected chi connectivity index (χ4v) is 3.53. The topological polar surface area (TPSA) is 61.4 Å². The lowest BCUT2D eigenvalue weighted by atomic mass is 10.1. The van der Waals surface area contributed by atoms with Crippen LogP contribution in [0.3, 0.4) is 0 Å². The summed E-state index contributed by atoms with van der Waals surface area (Å²) in [6, 6.07) is 3.77. The van der Waals surface area contributed by atoms with E-state index < -0.39 is 0 Å². The summed E-state index contributed by atoms with van der Waals surface area (Å²) in [6.07, 6.45) is 2.07. The fraction of sp³-hybridized carbons (Fsp3) is 0.538. The highest BCUT2D eigenvalue weighted by molar-refractivity contribution is 9.11. The van der Waals surface area contributed by atoms with Crippen molar-refractivity contribution in [1.29, 1.82) is 0 Å². The second-order valence-electron chi connectivity index (χ2n) is 4.88. The Kier molecular flexibility index (Phi) is 7.65. The summed E-state index contributed by atoms with van der Waals surface area (Å²) < 4.78 is 0.909. The van der Waals surface area contributed by atoms with E-state index in [-0.39, 0.29) is 36.8 Å². The van der Waals surface area contributed by atoms with Crippen molar-refractivity contribution in [2.45, 2.75) is 18.9 Å². The number of amides is 2. The van der Waals surface area contributed by atoms with E-state index in [1.54, 1.807) is 13.1 Å². The highest BCUT2D eigenvalue weighted by atomic mass is 79.9. The van der Waals surface area contributed by atoms with Gasteiger partial charge >= 0.3 is 0 Å². The van der Waals surface area contributed by atoms with Gasteiger partial charge in [-0.05, 0) is 47.4 Å². The Morgan fingerprint density at radius 2 is 2.29 bits per heavy atom. The minimum Gasteiger partial charge on any atom is -0.351 e. The lowest BCUT2D eigenvalue weighted by Gasteiger charge is -2.25. The highest BCUT2D eigenvalue weighted by Crippen LogP contribution is 2.22. The van der Waals surface area contributed by atoms with Crippen LogP contribution < -0.4 is 10.6 Å². The monoisotopic (exact) mass is 395 g/mol. The predicted octanol–water partition coefficient (Wildman–Crippen LogP) is 1.87. The van der Waals surface area contributed by atoms with Gasteiger partial charge in [0.1, 0.15) is 0 Å². The van der Waals surface area contributed by atoms with Crippen LogP contribution in [0.5, 0.6) is 0 Å². The van der Waals surface area contributed by atoms with Crippen molar-refractivity contribution in [3.63, 3.8) is 0 Å². The summed E-state index contributed by atoms with van der Waals surface area (Å²) in [5.74, 6) is -0.234. The Hall–Kier alpha value is -0.630. The predicted molar refractivity (Wildman–Crippen MR) is 90.3 cm³/mol. The van der Waals surface area contributed by atoms with Gasteiger partial charge in [0.25, 0.3) is 5.91 Å². The minimum absolute atomic E-state index is 0. The molecule has 0 spiro atoms. The SMILES string of the molecule is CN(CC(=O)N[C@H]1CCCNC1)C(=O)c1ccc(Br)s1.Cl. The van der Waals surface area contributed by atoms with Crippen LogP contribution >= 0.6 is 39.7 Å². The molecule has 0 unspecified atom stereocenters. The summed E-state index contributed by atoms with van der Waals surface area (Å²) >= 11 is 4.70. The normalized spacial score (nSPS) is 17.7. The molecule has 118 valence electrons. The largest absolute Gasteiger partial charge is 0.351 e. The van der Waals surface area contributed by atoms with Gasteiger partial charge in [-0.3, -0.25) is 9.59 Å². The average Bonchev–Trinajstić information content (AvgIpc) is 2.85. The number of hydrogen-bond donors (Lipinski definition) is 2. The number of thiophene rings is 1. The van der Waals surface area contributed by atoms with E-state index in [1.165, 1.54) is 16.2 Å². The molecule has 0 aliphatic carbocycles. The Morgan fingerprint density at radius 1 is 1.52 bits per heavy atom. The lowest BCUT2D eigenvalue weighted by molar-refractivity contribution is -0.122. The van der Waals surface area contributed by atoms with Crippen LogP contribution in [0, 0.1) is 0 Å². The maximum atomic E-state index is 12.1. The molecule has 1 fully saturated rings. The van der Waals surface area contributed by atoms with Gasteiger partial charge in [-0.1, -0.05) is 0 Å². The standard InChI is InChI=1S/C13H18BrN3O2S.ClH/c1-17(13(19)10-4-5-11(14)20-10)8-12(18)16-9-3-2-6-15-7-9;/h4-5,9,15H,2-3,6-8H2,1H3,(H,16,18);1H/t9-;/m0./s1. The summed E-state index contributed by atoms with van der Waals surface area (Å²) in [4.78, 5) is 26.1. The second kappa shape index (κ2) is 8.73. The third-order valence-electron chi connectivity index (χ3n) is 3.17. The molecule has 2 rings (SSSR count). The van der Waals surface area contributed by atoms with E-state index in [0.29, 0.717) is 4.88 Å². The number of carbonyl (C=O) groups excluding carboxylic acids is 2. The summed E-state index contributed by atoms with van der Waals surface area (Å²) in [7, 11) is 1.65. The molecule has 5 nitrogen and oxygen atoms in total. The lowest BCUT2D eigenvalue weighted by Crippen LogP contribution is -2.48. The van der Waals surface area contributed by atoms with Gasteiger partial charge in [0, 0.05) is 19.6 Å². The van der Waals surface area contributed by atoms with Gasteiger partial charge in [-0.15, -0.1) is 23.7 Å². The molecule has 0 bridgehead atoms. The molecular formula is C13H19BrClN3O2S. The Morgan fingerprint density at radius 3 is 2.86 bits per heavy atom. The Balaban J connectivity index is 0.00000220. The molecule has 1 aliphatic rings. The van der Waals surface area contributed by atoms with E-state index in [1.807, 2.05) is 6.07 Å². The fourth-order valence-electron chi connectivity index (χ4n) is 2.15. The second-order valence-corrected chi connectivity index (χ2v) is 7.34. The number of halogens is 2. The molecule has 2 amide bonds. The molecule has 0 radical (unpaired) electrons.